The standard InChI is InChI=1S/C15H14N2O5S/c1-9(18)17(15-16-14(8-23-15)22-11(3)20)12-5-4-6-13(7-12)21-10(2)19/h4-8H,1-3H3. The monoisotopic (exact) mass is 334 g/mol. The van der Waals surface area contributed by atoms with Gasteiger partial charge in [0.05, 0.1) is 11.1 Å². The van der Waals surface area contributed by atoms with Crippen LogP contribution in [-0.2, 0) is 14.4 Å². The van der Waals surface area contributed by atoms with E-state index in [0.717, 1.165) is 11.3 Å². The van der Waals surface area contributed by atoms with E-state index in [1.54, 1.807) is 24.3 Å². The van der Waals surface area contributed by atoms with Gasteiger partial charge in [-0.25, -0.2) is 0 Å². The fraction of sp³-hybridized carbons (Fsp3) is 0.200. The first-order chi connectivity index (χ1) is 10.9. The number of ether oxygens (including phenoxy) is 2. The molecule has 0 aliphatic rings. The van der Waals surface area contributed by atoms with Crippen molar-refractivity contribution in [3.05, 3.63) is 29.6 Å². The van der Waals surface area contributed by atoms with Gasteiger partial charge in [-0.05, 0) is 12.1 Å². The zero-order valence-electron chi connectivity index (χ0n) is 12.7. The lowest BCUT2D eigenvalue weighted by molar-refractivity contribution is -0.133. The molecular weight excluding hydrogens is 320 g/mol. The second-order valence-electron chi connectivity index (χ2n) is 4.51. The summed E-state index contributed by atoms with van der Waals surface area (Å²) < 4.78 is 9.91. The molecule has 0 saturated heterocycles. The minimum absolute atomic E-state index is 0.125. The molecule has 120 valence electrons. The minimum atomic E-state index is -0.493. The summed E-state index contributed by atoms with van der Waals surface area (Å²) in [6, 6.07) is 6.50. The van der Waals surface area contributed by atoms with Crippen LogP contribution in [0.15, 0.2) is 29.6 Å². The molecule has 2 rings (SSSR count). The first kappa shape index (κ1) is 16.6. The summed E-state index contributed by atoms with van der Waals surface area (Å²) in [5.41, 5.74) is 0.486. The first-order valence-corrected chi connectivity index (χ1v) is 7.48. The number of esters is 2. The molecule has 8 heteroatoms. The minimum Gasteiger partial charge on any atom is -0.427 e. The summed E-state index contributed by atoms with van der Waals surface area (Å²) >= 11 is 1.15. The van der Waals surface area contributed by atoms with Crippen molar-refractivity contribution in [1.82, 2.24) is 4.98 Å². The third kappa shape index (κ3) is 4.36. The number of anilines is 2. The van der Waals surface area contributed by atoms with Crippen molar-refractivity contribution in [3.8, 4) is 11.6 Å². The highest BCUT2D eigenvalue weighted by Crippen LogP contribution is 2.33. The Bertz CT molecular complexity index is 756. The molecular formula is C15H14N2O5S. The summed E-state index contributed by atoms with van der Waals surface area (Å²) in [7, 11) is 0. The zero-order valence-corrected chi connectivity index (χ0v) is 13.5. The van der Waals surface area contributed by atoms with E-state index in [1.807, 2.05) is 0 Å². The van der Waals surface area contributed by atoms with E-state index in [1.165, 1.54) is 31.1 Å². The predicted molar refractivity (Wildman–Crippen MR) is 84.0 cm³/mol. The maximum absolute atomic E-state index is 12.0. The molecule has 1 aromatic heterocycles. The molecule has 0 saturated carbocycles. The van der Waals surface area contributed by atoms with Crippen LogP contribution in [0, 0.1) is 0 Å². The van der Waals surface area contributed by atoms with Crippen molar-refractivity contribution in [2.45, 2.75) is 20.8 Å². The molecule has 2 aromatic rings. The average Bonchev–Trinajstić information content (AvgIpc) is 2.85. The van der Waals surface area contributed by atoms with Gasteiger partial charge in [0.1, 0.15) is 5.75 Å². The second kappa shape index (κ2) is 7.01. The highest BCUT2D eigenvalue weighted by molar-refractivity contribution is 7.14. The number of rotatable bonds is 4. The maximum atomic E-state index is 12.0. The molecule has 0 aliphatic carbocycles. The molecule has 0 fully saturated rings. The Morgan fingerprint density at radius 2 is 1.78 bits per heavy atom. The lowest BCUT2D eigenvalue weighted by atomic mass is 10.2. The van der Waals surface area contributed by atoms with Crippen LogP contribution in [0.25, 0.3) is 0 Å². The Morgan fingerprint density at radius 1 is 1.09 bits per heavy atom. The van der Waals surface area contributed by atoms with E-state index >= 15 is 0 Å². The van der Waals surface area contributed by atoms with Crippen molar-refractivity contribution in [2.75, 3.05) is 4.90 Å². The van der Waals surface area contributed by atoms with Crippen LogP contribution in [0.3, 0.4) is 0 Å². The van der Waals surface area contributed by atoms with Gasteiger partial charge in [0.25, 0.3) is 0 Å². The molecule has 0 bridgehead atoms. The summed E-state index contributed by atoms with van der Waals surface area (Å²) in [6.07, 6.45) is 0. The molecule has 1 aromatic carbocycles. The Balaban J connectivity index is 2.35. The average molecular weight is 334 g/mol. The Kier molecular flexibility index (Phi) is 5.07. The van der Waals surface area contributed by atoms with Gasteiger partial charge >= 0.3 is 11.9 Å². The summed E-state index contributed by atoms with van der Waals surface area (Å²) in [6.45, 7) is 3.94. The fourth-order valence-corrected chi connectivity index (χ4v) is 2.62. The number of carbonyl (C=O) groups excluding carboxylic acids is 3. The topological polar surface area (TPSA) is 85.8 Å². The van der Waals surface area contributed by atoms with Crippen molar-refractivity contribution in [3.63, 3.8) is 0 Å². The van der Waals surface area contributed by atoms with Gasteiger partial charge < -0.3 is 9.47 Å². The summed E-state index contributed by atoms with van der Waals surface area (Å²) in [5, 5.41) is 1.87. The molecule has 0 N–H and O–H groups in total. The molecule has 7 nitrogen and oxygen atoms in total. The highest BCUT2D eigenvalue weighted by Gasteiger charge is 2.19. The van der Waals surface area contributed by atoms with Crippen LogP contribution in [0.5, 0.6) is 11.6 Å². The van der Waals surface area contributed by atoms with Crippen molar-refractivity contribution in [1.29, 1.82) is 0 Å². The number of benzene rings is 1. The van der Waals surface area contributed by atoms with Gasteiger partial charge in [0.15, 0.2) is 5.13 Å². The molecule has 0 radical (unpaired) electrons. The smallest absolute Gasteiger partial charge is 0.309 e. The van der Waals surface area contributed by atoms with Crippen LogP contribution >= 0.6 is 11.3 Å². The lowest BCUT2D eigenvalue weighted by Crippen LogP contribution is -2.22. The van der Waals surface area contributed by atoms with Crippen molar-refractivity contribution < 1.29 is 23.9 Å². The lowest BCUT2D eigenvalue weighted by Gasteiger charge is -2.18. The van der Waals surface area contributed by atoms with Crippen molar-refractivity contribution >= 4 is 40.0 Å². The van der Waals surface area contributed by atoms with E-state index in [2.05, 4.69) is 4.98 Å². The van der Waals surface area contributed by atoms with Gasteiger partial charge in [0, 0.05) is 26.8 Å². The maximum Gasteiger partial charge on any atom is 0.309 e. The number of thiazole rings is 1. The number of hydrogen-bond donors (Lipinski definition) is 0. The highest BCUT2D eigenvalue weighted by atomic mass is 32.1. The van der Waals surface area contributed by atoms with Crippen LogP contribution < -0.4 is 14.4 Å². The number of carbonyl (C=O) groups is 3. The first-order valence-electron chi connectivity index (χ1n) is 6.60. The third-order valence-corrected chi connectivity index (χ3v) is 3.37. The fourth-order valence-electron chi connectivity index (χ4n) is 1.83. The van der Waals surface area contributed by atoms with Crippen LogP contribution in [0.1, 0.15) is 20.8 Å². The second-order valence-corrected chi connectivity index (χ2v) is 5.34. The SMILES string of the molecule is CC(=O)Oc1cccc(N(C(C)=O)c2nc(OC(C)=O)cs2)c1. The van der Waals surface area contributed by atoms with E-state index < -0.39 is 11.9 Å². The Morgan fingerprint density at radius 3 is 2.39 bits per heavy atom. The summed E-state index contributed by atoms with van der Waals surface area (Å²) in [4.78, 5) is 39.4. The van der Waals surface area contributed by atoms with E-state index in [-0.39, 0.29) is 11.8 Å². The summed E-state index contributed by atoms with van der Waals surface area (Å²) in [5.74, 6) is -0.789. The quantitative estimate of drug-likeness (QED) is 0.631. The third-order valence-electron chi connectivity index (χ3n) is 2.56. The van der Waals surface area contributed by atoms with E-state index in [0.29, 0.717) is 16.6 Å². The van der Waals surface area contributed by atoms with Gasteiger partial charge in [-0.3, -0.25) is 19.3 Å². The molecule has 0 spiro atoms. The number of nitrogens with zero attached hydrogens (tertiary/aromatic N) is 2. The number of aromatic nitrogens is 1. The molecule has 0 atom stereocenters. The van der Waals surface area contributed by atoms with Crippen LogP contribution in [0.4, 0.5) is 10.8 Å². The van der Waals surface area contributed by atoms with Crippen LogP contribution in [0.2, 0.25) is 0 Å². The molecule has 1 amide bonds. The molecule has 1 heterocycles. The number of amides is 1. The van der Waals surface area contributed by atoms with Gasteiger partial charge in [0.2, 0.25) is 11.8 Å². The van der Waals surface area contributed by atoms with Gasteiger partial charge in [-0.1, -0.05) is 6.07 Å². The van der Waals surface area contributed by atoms with Crippen molar-refractivity contribution in [2.24, 2.45) is 0 Å². The Labute approximate surface area is 136 Å². The molecule has 0 unspecified atom stereocenters. The predicted octanol–water partition coefficient (Wildman–Crippen LogP) is 2.68. The largest absolute Gasteiger partial charge is 0.427 e. The van der Waals surface area contributed by atoms with Gasteiger partial charge in [-0.15, -0.1) is 11.3 Å². The molecule has 0 aliphatic heterocycles. The number of hydrogen-bond acceptors (Lipinski definition) is 7. The Hall–Kier alpha value is -2.74. The zero-order chi connectivity index (χ0) is 17.0. The molecule has 23 heavy (non-hydrogen) atoms. The van der Waals surface area contributed by atoms with E-state index in [9.17, 15) is 14.4 Å². The van der Waals surface area contributed by atoms with Crippen LogP contribution in [-0.4, -0.2) is 22.8 Å². The van der Waals surface area contributed by atoms with E-state index in [4.69, 9.17) is 9.47 Å². The normalized spacial score (nSPS) is 10.0. The van der Waals surface area contributed by atoms with Gasteiger partial charge in [-0.2, -0.15) is 4.98 Å².